The van der Waals surface area contributed by atoms with Gasteiger partial charge in [0.05, 0.1) is 13.2 Å². The average Bonchev–Trinajstić information content (AvgIpc) is 2.48. The molecule has 2 N–H and O–H groups in total. The van der Waals surface area contributed by atoms with Crippen molar-refractivity contribution in [1.29, 1.82) is 0 Å². The summed E-state index contributed by atoms with van der Waals surface area (Å²) >= 11 is 0. The van der Waals surface area contributed by atoms with Gasteiger partial charge in [0.25, 0.3) is 0 Å². The van der Waals surface area contributed by atoms with E-state index >= 15 is 0 Å². The van der Waals surface area contributed by atoms with Crippen molar-refractivity contribution in [3.05, 3.63) is 35.9 Å². The summed E-state index contributed by atoms with van der Waals surface area (Å²) in [5.41, 5.74) is 1.04. The third kappa shape index (κ3) is 7.43. The minimum absolute atomic E-state index is 0.168. The fourth-order valence-corrected chi connectivity index (χ4v) is 1.76. The number of carboxylic acid groups (broad SMARTS) is 1. The number of hydrogen-bond donors (Lipinski definition) is 2. The molecule has 1 aromatic rings. The molecule has 0 saturated heterocycles. The van der Waals surface area contributed by atoms with Crippen LogP contribution in [-0.2, 0) is 25.5 Å². The van der Waals surface area contributed by atoms with Crippen LogP contribution < -0.4 is 5.32 Å². The van der Waals surface area contributed by atoms with Crippen molar-refractivity contribution in [2.24, 2.45) is 0 Å². The highest BCUT2D eigenvalue weighted by Crippen LogP contribution is 2.05. The van der Waals surface area contributed by atoms with Gasteiger partial charge in [-0.1, -0.05) is 30.3 Å². The van der Waals surface area contributed by atoms with E-state index in [9.17, 15) is 9.59 Å². The van der Waals surface area contributed by atoms with E-state index in [1.807, 2.05) is 30.3 Å². The number of carboxylic acids is 1. The molecule has 0 saturated carbocycles. The summed E-state index contributed by atoms with van der Waals surface area (Å²) in [5, 5.41) is 11.6. The quantitative estimate of drug-likeness (QED) is 0.625. The van der Waals surface area contributed by atoms with E-state index in [1.54, 1.807) is 0 Å². The predicted octanol–water partition coefficient (Wildman–Crippen LogP) is 0.852. The Hall–Kier alpha value is -1.92. The standard InChI is InChI=1S/C15H21NO5/c1-20-9-10-21-11-14(17)16-13(15(18)19)8-7-12-5-3-2-4-6-12/h2-6,13H,7-11H2,1H3,(H,16,17)(H,18,19). The summed E-state index contributed by atoms with van der Waals surface area (Å²) in [7, 11) is 1.54. The highest BCUT2D eigenvalue weighted by molar-refractivity contribution is 5.84. The lowest BCUT2D eigenvalue weighted by Crippen LogP contribution is -2.42. The second-order valence-electron chi connectivity index (χ2n) is 4.53. The lowest BCUT2D eigenvalue weighted by atomic mass is 10.1. The fourth-order valence-electron chi connectivity index (χ4n) is 1.76. The van der Waals surface area contributed by atoms with Crippen molar-refractivity contribution in [2.45, 2.75) is 18.9 Å². The number of aliphatic carboxylic acids is 1. The summed E-state index contributed by atoms with van der Waals surface area (Å²) in [6.07, 6.45) is 0.922. The van der Waals surface area contributed by atoms with Gasteiger partial charge in [-0.3, -0.25) is 4.79 Å². The van der Waals surface area contributed by atoms with Crippen molar-refractivity contribution in [2.75, 3.05) is 26.9 Å². The van der Waals surface area contributed by atoms with Gasteiger partial charge >= 0.3 is 5.97 Å². The average molecular weight is 295 g/mol. The van der Waals surface area contributed by atoms with Crippen molar-refractivity contribution < 1.29 is 24.2 Å². The SMILES string of the molecule is COCCOCC(=O)NC(CCc1ccccc1)C(=O)O. The van der Waals surface area contributed by atoms with Crippen LogP contribution in [0.15, 0.2) is 30.3 Å². The Morgan fingerprint density at radius 1 is 1.24 bits per heavy atom. The highest BCUT2D eigenvalue weighted by Gasteiger charge is 2.19. The van der Waals surface area contributed by atoms with Gasteiger partial charge in [0, 0.05) is 7.11 Å². The Bertz CT molecular complexity index is 435. The molecule has 0 heterocycles. The lowest BCUT2D eigenvalue weighted by Gasteiger charge is -2.14. The van der Waals surface area contributed by atoms with Crippen LogP contribution in [0.4, 0.5) is 0 Å². The van der Waals surface area contributed by atoms with Crippen LogP contribution in [0.5, 0.6) is 0 Å². The fraction of sp³-hybridized carbons (Fsp3) is 0.467. The molecular formula is C15H21NO5. The van der Waals surface area contributed by atoms with Crippen LogP contribution in [0, 0.1) is 0 Å². The third-order valence-corrected chi connectivity index (χ3v) is 2.86. The molecule has 21 heavy (non-hydrogen) atoms. The zero-order chi connectivity index (χ0) is 15.5. The summed E-state index contributed by atoms with van der Waals surface area (Å²) < 4.78 is 9.83. The summed E-state index contributed by atoms with van der Waals surface area (Å²) in [5.74, 6) is -1.48. The minimum Gasteiger partial charge on any atom is -0.480 e. The Labute approximate surface area is 124 Å². The molecule has 1 rings (SSSR count). The van der Waals surface area contributed by atoms with Gasteiger partial charge in [-0.25, -0.2) is 4.79 Å². The number of ether oxygens (including phenoxy) is 2. The van der Waals surface area contributed by atoms with Gasteiger partial charge in [-0.2, -0.15) is 0 Å². The van der Waals surface area contributed by atoms with E-state index in [-0.39, 0.29) is 6.61 Å². The van der Waals surface area contributed by atoms with Gasteiger partial charge in [0.1, 0.15) is 12.6 Å². The molecule has 1 atom stereocenters. The molecule has 116 valence electrons. The molecule has 0 spiro atoms. The van der Waals surface area contributed by atoms with Gasteiger partial charge in [0.2, 0.25) is 5.91 Å². The second kappa shape index (κ2) is 9.90. The number of rotatable bonds is 10. The van der Waals surface area contributed by atoms with Crippen LogP contribution in [0.1, 0.15) is 12.0 Å². The summed E-state index contributed by atoms with van der Waals surface area (Å²) in [6.45, 7) is 0.522. The normalized spacial score (nSPS) is 11.9. The summed E-state index contributed by atoms with van der Waals surface area (Å²) in [6, 6.07) is 8.63. The first-order chi connectivity index (χ1) is 10.1. The van der Waals surface area contributed by atoms with E-state index in [0.29, 0.717) is 26.1 Å². The van der Waals surface area contributed by atoms with Crippen LogP contribution in [0.3, 0.4) is 0 Å². The van der Waals surface area contributed by atoms with Gasteiger partial charge in [-0.05, 0) is 18.4 Å². The molecule has 0 aromatic heterocycles. The predicted molar refractivity (Wildman–Crippen MR) is 77.0 cm³/mol. The molecule has 0 bridgehead atoms. The number of aryl methyl sites for hydroxylation is 1. The van der Waals surface area contributed by atoms with Crippen molar-refractivity contribution in [3.8, 4) is 0 Å². The molecule has 6 heteroatoms. The first kappa shape index (κ1) is 17.1. The molecule has 1 unspecified atom stereocenters. The monoisotopic (exact) mass is 295 g/mol. The maximum Gasteiger partial charge on any atom is 0.326 e. The largest absolute Gasteiger partial charge is 0.480 e. The molecule has 0 radical (unpaired) electrons. The second-order valence-corrected chi connectivity index (χ2v) is 4.53. The van der Waals surface area contributed by atoms with Crippen molar-refractivity contribution >= 4 is 11.9 Å². The van der Waals surface area contributed by atoms with Crippen LogP contribution in [-0.4, -0.2) is 50.0 Å². The number of nitrogens with one attached hydrogen (secondary N) is 1. The maximum absolute atomic E-state index is 11.6. The first-order valence-corrected chi connectivity index (χ1v) is 6.76. The van der Waals surface area contributed by atoms with Gasteiger partial charge in [0.15, 0.2) is 0 Å². The van der Waals surface area contributed by atoms with E-state index in [2.05, 4.69) is 5.32 Å². The Balaban J connectivity index is 2.35. The smallest absolute Gasteiger partial charge is 0.326 e. The third-order valence-electron chi connectivity index (χ3n) is 2.86. The molecule has 0 aliphatic rings. The van der Waals surface area contributed by atoms with E-state index < -0.39 is 17.9 Å². The molecule has 0 fully saturated rings. The zero-order valence-corrected chi connectivity index (χ0v) is 12.1. The summed E-state index contributed by atoms with van der Waals surface area (Å²) in [4.78, 5) is 22.7. The van der Waals surface area contributed by atoms with E-state index in [4.69, 9.17) is 14.6 Å². The van der Waals surface area contributed by atoms with E-state index in [0.717, 1.165) is 5.56 Å². The van der Waals surface area contributed by atoms with E-state index in [1.165, 1.54) is 7.11 Å². The lowest BCUT2D eigenvalue weighted by molar-refractivity contribution is -0.142. The zero-order valence-electron chi connectivity index (χ0n) is 12.1. The molecule has 6 nitrogen and oxygen atoms in total. The number of hydrogen-bond acceptors (Lipinski definition) is 4. The van der Waals surface area contributed by atoms with Gasteiger partial charge in [-0.15, -0.1) is 0 Å². The molecule has 1 amide bonds. The molecule has 0 aliphatic carbocycles. The molecule has 1 aromatic carbocycles. The van der Waals surface area contributed by atoms with Crippen LogP contribution in [0.2, 0.25) is 0 Å². The van der Waals surface area contributed by atoms with Crippen molar-refractivity contribution in [3.63, 3.8) is 0 Å². The number of benzene rings is 1. The van der Waals surface area contributed by atoms with Gasteiger partial charge < -0.3 is 19.9 Å². The Morgan fingerprint density at radius 2 is 1.95 bits per heavy atom. The Morgan fingerprint density at radius 3 is 2.57 bits per heavy atom. The highest BCUT2D eigenvalue weighted by atomic mass is 16.5. The molecular weight excluding hydrogens is 274 g/mol. The minimum atomic E-state index is -1.05. The topological polar surface area (TPSA) is 84.9 Å². The van der Waals surface area contributed by atoms with Crippen LogP contribution >= 0.6 is 0 Å². The molecule has 0 aliphatic heterocycles. The van der Waals surface area contributed by atoms with Crippen LogP contribution in [0.25, 0.3) is 0 Å². The number of amides is 1. The number of methoxy groups -OCH3 is 1. The first-order valence-electron chi connectivity index (χ1n) is 6.76. The Kier molecular flexibility index (Phi) is 8.08. The number of carbonyl (C=O) groups is 2. The number of carbonyl (C=O) groups excluding carboxylic acids is 1. The maximum atomic E-state index is 11.6. The van der Waals surface area contributed by atoms with Crippen molar-refractivity contribution in [1.82, 2.24) is 5.32 Å².